The zero-order valence-corrected chi connectivity index (χ0v) is 19.1. The lowest BCUT2D eigenvalue weighted by Gasteiger charge is -2.17. The van der Waals surface area contributed by atoms with Crippen molar-refractivity contribution in [1.82, 2.24) is 0 Å². The van der Waals surface area contributed by atoms with Gasteiger partial charge in [-0.15, -0.1) is 0 Å². The van der Waals surface area contributed by atoms with E-state index in [9.17, 15) is 22.8 Å². The van der Waals surface area contributed by atoms with Crippen LogP contribution in [0.1, 0.15) is 38.2 Å². The van der Waals surface area contributed by atoms with Crippen molar-refractivity contribution in [2.45, 2.75) is 26.4 Å². The number of aliphatic carboxylic acids is 1. The van der Waals surface area contributed by atoms with E-state index in [1.54, 1.807) is 26.0 Å². The number of hydrogen-bond donors (Lipinski definition) is 2. The normalized spacial score (nSPS) is 11.5. The molecule has 5 nitrogen and oxygen atoms in total. The molecule has 3 aromatic carbocycles. The van der Waals surface area contributed by atoms with E-state index < -0.39 is 29.3 Å². The lowest BCUT2D eigenvalue weighted by Crippen LogP contribution is -2.19. The van der Waals surface area contributed by atoms with E-state index in [1.165, 1.54) is 0 Å². The van der Waals surface area contributed by atoms with Gasteiger partial charge in [0, 0.05) is 18.1 Å². The zero-order chi connectivity index (χ0) is 25.6. The van der Waals surface area contributed by atoms with Gasteiger partial charge in [-0.05, 0) is 66.4 Å². The molecule has 182 valence electrons. The van der Waals surface area contributed by atoms with Crippen LogP contribution < -0.4 is 10.1 Å². The lowest BCUT2D eigenvalue weighted by atomic mass is 10.0. The van der Waals surface area contributed by atoms with E-state index in [2.05, 4.69) is 5.32 Å². The second kappa shape index (κ2) is 10.9. The minimum absolute atomic E-state index is 0.200. The quantitative estimate of drug-likeness (QED) is 0.369. The summed E-state index contributed by atoms with van der Waals surface area (Å²) in [6.07, 6.45) is -2.05. The van der Waals surface area contributed by atoms with Gasteiger partial charge in [-0.1, -0.05) is 36.4 Å². The largest absolute Gasteiger partial charge is 0.493 e. The minimum Gasteiger partial charge on any atom is -0.493 e. The third-order valence-electron chi connectivity index (χ3n) is 5.25. The highest BCUT2D eigenvalue weighted by Gasteiger charge is 2.34. The van der Waals surface area contributed by atoms with Gasteiger partial charge in [0.05, 0.1) is 17.9 Å². The van der Waals surface area contributed by atoms with Crippen molar-refractivity contribution in [1.29, 1.82) is 0 Å². The number of hydrogen-bond acceptors (Lipinski definition) is 3. The van der Waals surface area contributed by atoms with E-state index >= 15 is 0 Å². The molecule has 0 unspecified atom stereocenters. The van der Waals surface area contributed by atoms with E-state index in [1.807, 2.05) is 30.3 Å². The van der Waals surface area contributed by atoms with Gasteiger partial charge in [-0.2, -0.15) is 13.2 Å². The Hall–Kier alpha value is -4.07. The maximum absolute atomic E-state index is 13.5. The van der Waals surface area contributed by atoms with Crippen molar-refractivity contribution < 1.29 is 32.6 Å². The molecule has 2 N–H and O–H groups in total. The molecule has 0 radical (unpaired) electrons. The Morgan fingerprint density at radius 1 is 1.00 bits per heavy atom. The highest BCUT2D eigenvalue weighted by Crippen LogP contribution is 2.36. The monoisotopic (exact) mass is 483 g/mol. The topological polar surface area (TPSA) is 75.6 Å². The van der Waals surface area contributed by atoms with Crippen LogP contribution in [0.2, 0.25) is 0 Å². The number of carboxylic acids is 1. The molecule has 8 heteroatoms. The van der Waals surface area contributed by atoms with Crippen LogP contribution in [-0.2, 0) is 17.4 Å². The summed E-state index contributed by atoms with van der Waals surface area (Å²) in [6.45, 7) is 3.80. The minimum atomic E-state index is -4.71. The van der Waals surface area contributed by atoms with Gasteiger partial charge in [0.2, 0.25) is 0 Å². The third kappa shape index (κ3) is 6.96. The first-order chi connectivity index (χ1) is 16.5. The summed E-state index contributed by atoms with van der Waals surface area (Å²) in [5, 5.41) is 11.1. The van der Waals surface area contributed by atoms with Gasteiger partial charge in [-0.25, -0.2) is 4.79 Å². The number of halogens is 3. The Kier molecular flexibility index (Phi) is 7.96. The van der Waals surface area contributed by atoms with E-state index in [4.69, 9.17) is 9.84 Å². The van der Waals surface area contributed by atoms with Crippen LogP contribution in [0.4, 0.5) is 18.9 Å². The summed E-state index contributed by atoms with van der Waals surface area (Å²) in [5.74, 6) is -1.39. The number of ether oxygens (including phenoxy) is 1. The average Bonchev–Trinajstić information content (AvgIpc) is 2.77. The van der Waals surface area contributed by atoms with Crippen molar-refractivity contribution >= 4 is 23.6 Å². The molecule has 0 aromatic heterocycles. The van der Waals surface area contributed by atoms with E-state index in [0.717, 1.165) is 35.9 Å². The molecule has 3 rings (SSSR count). The van der Waals surface area contributed by atoms with Crippen LogP contribution in [0.25, 0.3) is 6.08 Å². The number of anilines is 1. The van der Waals surface area contributed by atoms with Gasteiger partial charge >= 0.3 is 12.1 Å². The molecule has 0 heterocycles. The molecule has 0 aliphatic carbocycles. The number of carbonyl (C=O) groups is 2. The predicted octanol–water partition coefficient (Wildman–Crippen LogP) is 6.29. The number of carbonyl (C=O) groups excluding carboxylic acids is 1. The first kappa shape index (κ1) is 25.6. The van der Waals surface area contributed by atoms with Crippen LogP contribution in [0.5, 0.6) is 5.75 Å². The van der Waals surface area contributed by atoms with Crippen LogP contribution in [0.15, 0.2) is 66.7 Å². The van der Waals surface area contributed by atoms with Gasteiger partial charge in [0.15, 0.2) is 0 Å². The Bertz CT molecular complexity index is 1230. The van der Waals surface area contributed by atoms with Gasteiger partial charge in [-0.3, -0.25) is 4.79 Å². The number of amides is 1. The summed E-state index contributed by atoms with van der Waals surface area (Å²) < 4.78 is 46.4. The van der Waals surface area contributed by atoms with Crippen molar-refractivity contribution in [3.63, 3.8) is 0 Å². The van der Waals surface area contributed by atoms with Crippen LogP contribution in [-0.4, -0.2) is 23.6 Å². The highest BCUT2D eigenvalue weighted by molar-refractivity contribution is 6.07. The van der Waals surface area contributed by atoms with Gasteiger partial charge in [0.1, 0.15) is 5.75 Å². The molecular formula is C27H24F3NO4. The van der Waals surface area contributed by atoms with Crippen LogP contribution in [0, 0.1) is 13.8 Å². The van der Waals surface area contributed by atoms with Gasteiger partial charge < -0.3 is 15.2 Å². The smallest absolute Gasteiger partial charge is 0.418 e. The molecule has 0 atom stereocenters. The van der Waals surface area contributed by atoms with Gasteiger partial charge in [0.25, 0.3) is 5.91 Å². The van der Waals surface area contributed by atoms with Crippen molar-refractivity contribution in [3.05, 3.63) is 100 Å². The Labute approximate surface area is 200 Å². The molecule has 0 bridgehead atoms. The standard InChI is InChI=1S/C27H24F3NO4/c1-17-14-21(35-13-12-19-6-4-3-5-7-19)15-18(2)25(17)26(34)31-23-16-20(9-11-24(32)33)8-10-22(23)27(28,29)30/h3-11,14-16H,12-13H2,1-2H3,(H,31,34)(H,32,33)/b11-9+. The first-order valence-corrected chi connectivity index (χ1v) is 10.8. The summed E-state index contributed by atoms with van der Waals surface area (Å²) in [4.78, 5) is 23.7. The van der Waals surface area contributed by atoms with Crippen molar-refractivity contribution in [3.8, 4) is 5.75 Å². The third-order valence-corrected chi connectivity index (χ3v) is 5.25. The second-order valence-electron chi connectivity index (χ2n) is 7.94. The number of aryl methyl sites for hydroxylation is 2. The fourth-order valence-electron chi connectivity index (χ4n) is 3.67. The fraction of sp³-hybridized carbons (Fsp3) is 0.185. The molecule has 0 saturated carbocycles. The Balaban J connectivity index is 1.81. The molecule has 0 saturated heterocycles. The number of nitrogens with one attached hydrogen (secondary N) is 1. The molecule has 1 amide bonds. The Morgan fingerprint density at radius 3 is 2.26 bits per heavy atom. The summed E-state index contributed by atoms with van der Waals surface area (Å²) in [5.41, 5.74) is 1.16. The summed E-state index contributed by atoms with van der Waals surface area (Å²) in [7, 11) is 0. The maximum atomic E-state index is 13.5. The molecule has 35 heavy (non-hydrogen) atoms. The van der Waals surface area contributed by atoms with E-state index in [-0.39, 0.29) is 11.1 Å². The number of alkyl halides is 3. The second-order valence-corrected chi connectivity index (χ2v) is 7.94. The van der Waals surface area contributed by atoms with Crippen LogP contribution in [0.3, 0.4) is 0 Å². The first-order valence-electron chi connectivity index (χ1n) is 10.8. The zero-order valence-electron chi connectivity index (χ0n) is 19.1. The summed E-state index contributed by atoms with van der Waals surface area (Å²) in [6, 6.07) is 16.2. The molecule has 0 fully saturated rings. The summed E-state index contributed by atoms with van der Waals surface area (Å²) >= 11 is 0. The van der Waals surface area contributed by atoms with Crippen molar-refractivity contribution in [2.24, 2.45) is 0 Å². The maximum Gasteiger partial charge on any atom is 0.418 e. The molecular weight excluding hydrogens is 459 g/mol. The number of benzene rings is 3. The molecule has 0 aliphatic rings. The molecule has 0 aliphatic heterocycles. The highest BCUT2D eigenvalue weighted by atomic mass is 19.4. The predicted molar refractivity (Wildman–Crippen MR) is 128 cm³/mol. The lowest BCUT2D eigenvalue weighted by molar-refractivity contribution is -0.137. The Morgan fingerprint density at radius 2 is 1.66 bits per heavy atom. The fourth-order valence-corrected chi connectivity index (χ4v) is 3.67. The van der Waals surface area contributed by atoms with Crippen molar-refractivity contribution in [2.75, 3.05) is 11.9 Å². The van der Waals surface area contributed by atoms with Crippen LogP contribution >= 0.6 is 0 Å². The number of rotatable bonds is 8. The van der Waals surface area contributed by atoms with E-state index in [0.29, 0.717) is 29.9 Å². The average molecular weight is 483 g/mol. The SMILES string of the molecule is Cc1cc(OCCc2ccccc2)cc(C)c1C(=O)Nc1cc(/C=C/C(=O)O)ccc1C(F)(F)F. The number of carboxylic acid groups (broad SMARTS) is 1. The molecule has 3 aromatic rings. The molecule has 0 spiro atoms.